The average Bonchev–Trinajstić information content (AvgIpc) is 2.95. The third kappa shape index (κ3) is 3.61. The molecule has 1 aliphatic rings. The number of hydrazone groups is 1. The van der Waals surface area contributed by atoms with Crippen molar-refractivity contribution in [2.75, 3.05) is 18.7 Å². The summed E-state index contributed by atoms with van der Waals surface area (Å²) >= 11 is 0. The van der Waals surface area contributed by atoms with Crippen LogP contribution in [0.5, 0.6) is 11.5 Å². The van der Waals surface area contributed by atoms with Crippen LogP contribution in [0.15, 0.2) is 59.2 Å². The quantitative estimate of drug-likeness (QED) is 0.730. The molecule has 5 nitrogen and oxygen atoms in total. The van der Waals surface area contributed by atoms with Crippen molar-refractivity contribution in [3.8, 4) is 11.5 Å². The summed E-state index contributed by atoms with van der Waals surface area (Å²) in [6.07, 6.45) is 2.75. The molecule has 0 unspecified atom stereocenters. The Labute approximate surface area is 153 Å². The molecule has 26 heavy (non-hydrogen) atoms. The molecule has 0 N–H and O–H groups in total. The van der Waals surface area contributed by atoms with E-state index < -0.39 is 0 Å². The van der Waals surface area contributed by atoms with Gasteiger partial charge in [0.25, 0.3) is 5.91 Å². The Morgan fingerprint density at radius 1 is 1.12 bits per heavy atom. The van der Waals surface area contributed by atoms with Gasteiger partial charge >= 0.3 is 0 Å². The van der Waals surface area contributed by atoms with Crippen LogP contribution in [0.4, 0.5) is 5.69 Å². The first kappa shape index (κ1) is 17.7. The van der Waals surface area contributed by atoms with Crippen LogP contribution < -0.4 is 14.5 Å². The highest BCUT2D eigenvalue weighted by Gasteiger charge is 2.28. The fourth-order valence-corrected chi connectivity index (χ4v) is 2.70. The van der Waals surface area contributed by atoms with Gasteiger partial charge in [-0.1, -0.05) is 31.2 Å². The number of carbonyl (C=O) groups excluding carboxylic acids is 1. The van der Waals surface area contributed by atoms with Crippen LogP contribution in [0.1, 0.15) is 25.8 Å². The molecule has 1 heterocycles. The first-order valence-corrected chi connectivity index (χ1v) is 8.61. The highest BCUT2D eigenvalue weighted by molar-refractivity contribution is 6.32. The van der Waals surface area contributed by atoms with Gasteiger partial charge in [-0.15, -0.1) is 0 Å². The maximum absolute atomic E-state index is 12.8. The van der Waals surface area contributed by atoms with Crippen LogP contribution in [-0.4, -0.2) is 25.3 Å². The molecule has 0 bridgehead atoms. The molecule has 0 saturated heterocycles. The van der Waals surface area contributed by atoms with Crippen molar-refractivity contribution in [1.29, 1.82) is 0 Å². The molecular weight excluding hydrogens is 328 g/mol. The molecular formula is C21H22N2O3. The topological polar surface area (TPSA) is 51.1 Å². The standard InChI is InChI=1S/C21H22N2O3/c1-4-12-26-19-11-10-16(14-20(19)25-3)13-18-15(2)22-23(21(18)24)17-8-6-5-7-9-17/h5-11,13-14H,4,12H2,1-3H3. The van der Waals surface area contributed by atoms with E-state index in [2.05, 4.69) is 12.0 Å². The Balaban J connectivity index is 1.88. The third-order valence-electron chi connectivity index (χ3n) is 4.02. The number of para-hydroxylation sites is 1. The second kappa shape index (κ2) is 7.87. The van der Waals surface area contributed by atoms with E-state index in [0.29, 0.717) is 29.4 Å². The van der Waals surface area contributed by atoms with E-state index in [1.807, 2.05) is 61.5 Å². The maximum atomic E-state index is 12.8. The van der Waals surface area contributed by atoms with Gasteiger partial charge in [0.1, 0.15) is 0 Å². The summed E-state index contributed by atoms with van der Waals surface area (Å²) in [5.41, 5.74) is 2.86. The number of ether oxygens (including phenoxy) is 2. The number of anilines is 1. The zero-order valence-electron chi connectivity index (χ0n) is 15.2. The molecule has 0 aliphatic carbocycles. The number of hydrogen-bond acceptors (Lipinski definition) is 4. The Hall–Kier alpha value is -3.08. The van der Waals surface area contributed by atoms with Gasteiger partial charge < -0.3 is 9.47 Å². The second-order valence-electron chi connectivity index (χ2n) is 5.95. The van der Waals surface area contributed by atoms with Gasteiger partial charge in [0, 0.05) is 0 Å². The molecule has 134 valence electrons. The first-order valence-electron chi connectivity index (χ1n) is 8.61. The average molecular weight is 350 g/mol. The summed E-state index contributed by atoms with van der Waals surface area (Å²) in [6, 6.07) is 15.0. The molecule has 5 heteroatoms. The van der Waals surface area contributed by atoms with E-state index in [1.165, 1.54) is 5.01 Å². The summed E-state index contributed by atoms with van der Waals surface area (Å²) in [7, 11) is 1.61. The lowest BCUT2D eigenvalue weighted by Gasteiger charge is -2.12. The van der Waals surface area contributed by atoms with Gasteiger partial charge in [0.15, 0.2) is 11.5 Å². The molecule has 0 saturated carbocycles. The lowest BCUT2D eigenvalue weighted by Crippen LogP contribution is -2.21. The minimum absolute atomic E-state index is 0.140. The van der Waals surface area contributed by atoms with Crippen LogP contribution in [0.2, 0.25) is 0 Å². The summed E-state index contributed by atoms with van der Waals surface area (Å²) in [6.45, 7) is 4.52. The summed E-state index contributed by atoms with van der Waals surface area (Å²) in [5, 5.41) is 5.82. The van der Waals surface area contributed by atoms with Gasteiger partial charge in [-0.05, 0) is 49.2 Å². The summed E-state index contributed by atoms with van der Waals surface area (Å²) < 4.78 is 11.1. The van der Waals surface area contributed by atoms with Gasteiger partial charge in [-0.25, -0.2) is 0 Å². The van der Waals surface area contributed by atoms with Crippen LogP contribution in [0.3, 0.4) is 0 Å². The van der Waals surface area contributed by atoms with E-state index >= 15 is 0 Å². The van der Waals surface area contributed by atoms with Crippen LogP contribution >= 0.6 is 0 Å². The van der Waals surface area contributed by atoms with Gasteiger partial charge in [-0.3, -0.25) is 4.79 Å². The number of rotatable bonds is 6. The molecule has 3 rings (SSSR count). The van der Waals surface area contributed by atoms with Crippen LogP contribution in [0, 0.1) is 0 Å². The SMILES string of the molecule is CCCOc1ccc(C=C2C(=O)N(c3ccccc3)N=C2C)cc1OC. The third-order valence-corrected chi connectivity index (χ3v) is 4.02. The molecule has 2 aromatic carbocycles. The van der Waals surface area contributed by atoms with Crippen molar-refractivity contribution in [1.82, 2.24) is 0 Å². The number of methoxy groups -OCH3 is 1. The molecule has 2 aromatic rings. The molecule has 0 fully saturated rings. The van der Waals surface area contributed by atoms with Gasteiger partial charge in [0.2, 0.25) is 0 Å². The van der Waals surface area contributed by atoms with Crippen molar-refractivity contribution in [3.05, 3.63) is 59.7 Å². The predicted molar refractivity (Wildman–Crippen MR) is 104 cm³/mol. The first-order chi connectivity index (χ1) is 12.6. The van der Waals surface area contributed by atoms with Gasteiger partial charge in [-0.2, -0.15) is 10.1 Å². The lowest BCUT2D eigenvalue weighted by atomic mass is 10.1. The minimum atomic E-state index is -0.140. The molecule has 0 spiro atoms. The number of benzene rings is 2. The molecule has 0 radical (unpaired) electrons. The second-order valence-corrected chi connectivity index (χ2v) is 5.95. The maximum Gasteiger partial charge on any atom is 0.280 e. The Morgan fingerprint density at radius 3 is 2.58 bits per heavy atom. The van der Waals surface area contributed by atoms with Crippen LogP contribution in [0.25, 0.3) is 6.08 Å². The summed E-state index contributed by atoms with van der Waals surface area (Å²) in [4.78, 5) is 12.8. The van der Waals surface area contributed by atoms with Crippen molar-refractivity contribution in [3.63, 3.8) is 0 Å². The highest BCUT2D eigenvalue weighted by atomic mass is 16.5. The van der Waals surface area contributed by atoms with E-state index in [9.17, 15) is 4.79 Å². The minimum Gasteiger partial charge on any atom is -0.493 e. The normalized spacial score (nSPS) is 15.3. The molecule has 1 aliphatic heterocycles. The number of carbonyl (C=O) groups is 1. The largest absolute Gasteiger partial charge is 0.493 e. The molecule has 0 atom stereocenters. The monoisotopic (exact) mass is 350 g/mol. The fraction of sp³-hybridized carbons (Fsp3) is 0.238. The summed E-state index contributed by atoms with van der Waals surface area (Å²) in [5.74, 6) is 1.21. The fourth-order valence-electron chi connectivity index (χ4n) is 2.70. The number of nitrogens with zero attached hydrogens (tertiary/aromatic N) is 2. The van der Waals surface area contributed by atoms with Crippen LogP contribution in [-0.2, 0) is 4.79 Å². The number of hydrogen-bond donors (Lipinski definition) is 0. The number of amides is 1. The van der Waals surface area contributed by atoms with E-state index in [4.69, 9.17) is 9.47 Å². The zero-order chi connectivity index (χ0) is 18.5. The van der Waals surface area contributed by atoms with Crippen molar-refractivity contribution >= 4 is 23.4 Å². The Bertz CT molecular complexity index is 857. The highest BCUT2D eigenvalue weighted by Crippen LogP contribution is 2.30. The van der Waals surface area contributed by atoms with Gasteiger partial charge in [0.05, 0.1) is 30.7 Å². The lowest BCUT2D eigenvalue weighted by molar-refractivity contribution is -0.114. The Kier molecular flexibility index (Phi) is 5.37. The van der Waals surface area contributed by atoms with Crippen molar-refractivity contribution in [2.45, 2.75) is 20.3 Å². The van der Waals surface area contributed by atoms with E-state index in [1.54, 1.807) is 7.11 Å². The predicted octanol–water partition coefficient (Wildman–Crippen LogP) is 4.29. The molecule has 1 amide bonds. The molecule has 0 aromatic heterocycles. The Morgan fingerprint density at radius 2 is 1.88 bits per heavy atom. The smallest absolute Gasteiger partial charge is 0.280 e. The zero-order valence-corrected chi connectivity index (χ0v) is 15.2. The van der Waals surface area contributed by atoms with Crippen molar-refractivity contribution in [2.24, 2.45) is 5.10 Å². The van der Waals surface area contributed by atoms with Crippen molar-refractivity contribution < 1.29 is 14.3 Å². The van der Waals surface area contributed by atoms with E-state index in [-0.39, 0.29) is 5.91 Å². The van der Waals surface area contributed by atoms with E-state index in [0.717, 1.165) is 17.7 Å².